The maximum Gasteiger partial charge on any atom is 0.229 e. The van der Waals surface area contributed by atoms with Gasteiger partial charge in [0.1, 0.15) is 0 Å². The van der Waals surface area contributed by atoms with Crippen LogP contribution in [-0.4, -0.2) is 55.3 Å². The summed E-state index contributed by atoms with van der Waals surface area (Å²) < 4.78 is 10.3. The van der Waals surface area contributed by atoms with Crippen LogP contribution >= 0.6 is 0 Å². The third kappa shape index (κ3) is 3.70. The van der Waals surface area contributed by atoms with Crippen molar-refractivity contribution >= 4 is 5.95 Å². The normalized spacial score (nSPS) is 20.1. The second-order valence-electron chi connectivity index (χ2n) is 4.79. The van der Waals surface area contributed by atoms with E-state index >= 15 is 0 Å². The van der Waals surface area contributed by atoms with Gasteiger partial charge in [0.25, 0.3) is 0 Å². The van der Waals surface area contributed by atoms with Crippen LogP contribution in [0.25, 0.3) is 0 Å². The molecule has 6 nitrogen and oxygen atoms in total. The van der Waals surface area contributed by atoms with E-state index in [0.29, 0.717) is 23.8 Å². The molecule has 0 amide bonds. The second kappa shape index (κ2) is 6.56. The van der Waals surface area contributed by atoms with Crippen molar-refractivity contribution in [2.24, 2.45) is 0 Å². The number of nitrogens with one attached hydrogen (secondary N) is 1. The molecular weight excluding hydrogens is 244 g/mol. The summed E-state index contributed by atoms with van der Waals surface area (Å²) in [5, 5.41) is 3.27. The van der Waals surface area contributed by atoms with E-state index in [9.17, 15) is 0 Å². The van der Waals surface area contributed by atoms with E-state index in [2.05, 4.69) is 27.2 Å². The van der Waals surface area contributed by atoms with E-state index in [1.54, 1.807) is 20.3 Å². The number of ether oxygens (including phenoxy) is 2. The number of nitrogens with zero attached hydrogens (tertiary/aromatic N) is 3. The van der Waals surface area contributed by atoms with E-state index in [4.69, 9.17) is 9.47 Å². The zero-order valence-corrected chi connectivity index (χ0v) is 11.8. The maximum absolute atomic E-state index is 5.13. The maximum atomic E-state index is 5.13. The molecule has 1 aliphatic rings. The first-order chi connectivity index (χ1) is 9.22. The Bertz CT molecular complexity index is 391. The number of hydrogen-bond acceptors (Lipinski definition) is 6. The Morgan fingerprint density at radius 2 is 1.95 bits per heavy atom. The third-order valence-electron chi connectivity index (χ3n) is 3.51. The number of rotatable bonds is 5. The average Bonchev–Trinajstić information content (AvgIpc) is 2.46. The highest BCUT2D eigenvalue weighted by Gasteiger charge is 2.18. The topological polar surface area (TPSA) is 59.5 Å². The first-order valence-electron chi connectivity index (χ1n) is 6.64. The summed E-state index contributed by atoms with van der Waals surface area (Å²) in [6.07, 6.45) is 3.79. The van der Waals surface area contributed by atoms with Gasteiger partial charge in [-0.2, -0.15) is 9.97 Å². The van der Waals surface area contributed by atoms with Gasteiger partial charge in [0.2, 0.25) is 17.7 Å². The molecule has 1 unspecified atom stereocenters. The quantitative estimate of drug-likeness (QED) is 0.869. The zero-order valence-electron chi connectivity index (χ0n) is 11.8. The summed E-state index contributed by atoms with van der Waals surface area (Å²) in [4.78, 5) is 10.9. The molecule has 0 spiro atoms. The number of methoxy groups -OCH3 is 2. The number of aromatic nitrogens is 2. The van der Waals surface area contributed by atoms with Gasteiger partial charge in [-0.15, -0.1) is 0 Å². The molecule has 1 fully saturated rings. The molecule has 1 atom stereocenters. The van der Waals surface area contributed by atoms with Crippen LogP contribution < -0.4 is 14.8 Å². The summed E-state index contributed by atoms with van der Waals surface area (Å²) in [7, 11) is 5.33. The Kier molecular flexibility index (Phi) is 4.79. The number of piperidine rings is 1. The van der Waals surface area contributed by atoms with Crippen molar-refractivity contribution in [3.8, 4) is 11.8 Å². The fourth-order valence-electron chi connectivity index (χ4n) is 2.30. The van der Waals surface area contributed by atoms with Crippen molar-refractivity contribution in [3.05, 3.63) is 6.07 Å². The van der Waals surface area contributed by atoms with Crippen molar-refractivity contribution in [1.29, 1.82) is 0 Å². The minimum absolute atomic E-state index is 0.506. The molecule has 0 bridgehead atoms. The van der Waals surface area contributed by atoms with E-state index in [1.165, 1.54) is 19.3 Å². The van der Waals surface area contributed by atoms with E-state index in [-0.39, 0.29) is 0 Å². The third-order valence-corrected chi connectivity index (χ3v) is 3.51. The Hall–Kier alpha value is -1.56. The van der Waals surface area contributed by atoms with Gasteiger partial charge in [-0.05, 0) is 26.4 Å². The molecule has 2 heterocycles. The standard InChI is InChI=1S/C13H22N4O2/c1-17-7-5-4-6-10(17)9-14-13-15-11(18-2)8-12(16-13)19-3/h8,10H,4-7,9H2,1-3H3,(H,14,15,16). The molecule has 1 aromatic heterocycles. The van der Waals surface area contributed by atoms with E-state index in [0.717, 1.165) is 13.1 Å². The molecule has 19 heavy (non-hydrogen) atoms. The lowest BCUT2D eigenvalue weighted by atomic mass is 10.0. The van der Waals surface area contributed by atoms with Crippen LogP contribution in [0.2, 0.25) is 0 Å². The Morgan fingerprint density at radius 3 is 2.53 bits per heavy atom. The fourth-order valence-corrected chi connectivity index (χ4v) is 2.30. The highest BCUT2D eigenvalue weighted by molar-refractivity contribution is 5.33. The summed E-state index contributed by atoms with van der Waals surface area (Å²) in [6.45, 7) is 2.00. The minimum Gasteiger partial charge on any atom is -0.481 e. The van der Waals surface area contributed by atoms with Gasteiger partial charge in [-0.25, -0.2) is 0 Å². The second-order valence-corrected chi connectivity index (χ2v) is 4.79. The average molecular weight is 266 g/mol. The van der Waals surface area contributed by atoms with Crippen LogP contribution in [0.15, 0.2) is 6.07 Å². The predicted octanol–water partition coefficient (Wildman–Crippen LogP) is 1.39. The van der Waals surface area contributed by atoms with Crippen molar-refractivity contribution in [2.45, 2.75) is 25.3 Å². The summed E-state index contributed by atoms with van der Waals surface area (Å²) >= 11 is 0. The molecule has 0 saturated carbocycles. The SMILES string of the molecule is COc1cc(OC)nc(NCC2CCCCN2C)n1. The summed E-state index contributed by atoms with van der Waals surface area (Å²) in [5.41, 5.74) is 0. The van der Waals surface area contributed by atoms with Gasteiger partial charge >= 0.3 is 0 Å². The van der Waals surface area contributed by atoms with Gasteiger partial charge in [-0.1, -0.05) is 6.42 Å². The van der Waals surface area contributed by atoms with Crippen LogP contribution in [-0.2, 0) is 0 Å². The molecule has 0 radical (unpaired) electrons. The molecule has 106 valence electrons. The van der Waals surface area contributed by atoms with Gasteiger partial charge < -0.3 is 19.7 Å². The Labute approximate surface area is 114 Å². The highest BCUT2D eigenvalue weighted by Crippen LogP contribution is 2.19. The minimum atomic E-state index is 0.506. The van der Waals surface area contributed by atoms with Gasteiger partial charge in [-0.3, -0.25) is 0 Å². The van der Waals surface area contributed by atoms with Crippen LogP contribution in [0.1, 0.15) is 19.3 Å². The summed E-state index contributed by atoms with van der Waals surface area (Å²) in [6, 6.07) is 2.20. The number of anilines is 1. The molecule has 6 heteroatoms. The zero-order chi connectivity index (χ0) is 13.7. The molecule has 1 aromatic rings. The lowest BCUT2D eigenvalue weighted by Crippen LogP contribution is -2.40. The molecule has 1 saturated heterocycles. The molecular formula is C13H22N4O2. The number of likely N-dealkylation sites (tertiary alicyclic amines) is 1. The molecule has 1 aliphatic heterocycles. The first-order valence-corrected chi connectivity index (χ1v) is 6.64. The van der Waals surface area contributed by atoms with Crippen LogP contribution in [0, 0.1) is 0 Å². The van der Waals surface area contributed by atoms with Gasteiger partial charge in [0.15, 0.2) is 0 Å². The van der Waals surface area contributed by atoms with Gasteiger partial charge in [0, 0.05) is 12.6 Å². The Balaban J connectivity index is 1.98. The predicted molar refractivity (Wildman–Crippen MR) is 73.9 cm³/mol. The molecule has 0 aliphatic carbocycles. The first kappa shape index (κ1) is 13.9. The molecule has 1 N–H and O–H groups in total. The van der Waals surface area contributed by atoms with Gasteiger partial charge in [0.05, 0.1) is 20.3 Å². The summed E-state index contributed by atoms with van der Waals surface area (Å²) in [5.74, 6) is 1.56. The van der Waals surface area contributed by atoms with Crippen LogP contribution in [0.5, 0.6) is 11.8 Å². The smallest absolute Gasteiger partial charge is 0.229 e. The highest BCUT2D eigenvalue weighted by atomic mass is 16.5. The molecule has 2 rings (SSSR count). The van der Waals surface area contributed by atoms with Crippen molar-refractivity contribution in [1.82, 2.24) is 14.9 Å². The monoisotopic (exact) mass is 266 g/mol. The molecule has 0 aromatic carbocycles. The van der Waals surface area contributed by atoms with E-state index < -0.39 is 0 Å². The van der Waals surface area contributed by atoms with Crippen molar-refractivity contribution < 1.29 is 9.47 Å². The Morgan fingerprint density at radius 1 is 1.26 bits per heavy atom. The number of hydrogen-bond donors (Lipinski definition) is 1. The lowest BCUT2D eigenvalue weighted by Gasteiger charge is -2.32. The van der Waals surface area contributed by atoms with Crippen LogP contribution in [0.4, 0.5) is 5.95 Å². The van der Waals surface area contributed by atoms with Crippen molar-refractivity contribution in [2.75, 3.05) is 39.7 Å². The van der Waals surface area contributed by atoms with Crippen molar-refractivity contribution in [3.63, 3.8) is 0 Å². The fraction of sp³-hybridized carbons (Fsp3) is 0.692. The van der Waals surface area contributed by atoms with Crippen LogP contribution in [0.3, 0.4) is 0 Å². The largest absolute Gasteiger partial charge is 0.481 e. The number of likely N-dealkylation sites (N-methyl/N-ethyl adjacent to an activating group) is 1. The van der Waals surface area contributed by atoms with E-state index in [1.807, 2.05) is 0 Å². The lowest BCUT2D eigenvalue weighted by molar-refractivity contribution is 0.194.